The fraction of sp³-hybridized carbons (Fsp3) is 0.300. The molecule has 2 aromatic carbocycles. The summed E-state index contributed by atoms with van der Waals surface area (Å²) in [6.45, 7) is 1.65. The molecule has 1 atom stereocenters. The minimum Gasteiger partial charge on any atom is -0.493 e. The number of rotatable bonds is 9. The monoisotopic (exact) mass is 418 g/mol. The molecule has 0 aromatic heterocycles. The average Bonchev–Trinajstić information content (AvgIpc) is 2.76. The summed E-state index contributed by atoms with van der Waals surface area (Å²) in [7, 11) is 4.20. The van der Waals surface area contributed by atoms with E-state index in [2.05, 4.69) is 10.1 Å². The van der Waals surface area contributed by atoms with Crippen LogP contribution in [0.4, 0.5) is 5.69 Å². The smallest absolute Gasteiger partial charge is 0.338 e. The lowest BCUT2D eigenvalue weighted by atomic mass is 10.2. The Morgan fingerprint density at radius 2 is 1.70 bits per heavy atom. The zero-order valence-corrected chi connectivity index (χ0v) is 17.0. The Balaban J connectivity index is 2.07. The quantitative estimate of drug-likeness (QED) is 0.374. The molecule has 0 saturated carbocycles. The predicted molar refractivity (Wildman–Crippen MR) is 106 cm³/mol. The zero-order chi connectivity index (χ0) is 22.3. The van der Waals surface area contributed by atoms with Gasteiger partial charge in [-0.15, -0.1) is 0 Å². The molecule has 0 aliphatic heterocycles. The third kappa shape index (κ3) is 5.37. The Kier molecular flexibility index (Phi) is 7.56. The van der Waals surface area contributed by atoms with Crippen molar-refractivity contribution < 1.29 is 33.5 Å². The van der Waals surface area contributed by atoms with E-state index < -0.39 is 28.6 Å². The van der Waals surface area contributed by atoms with Crippen molar-refractivity contribution in [3.05, 3.63) is 57.6 Å². The highest BCUT2D eigenvalue weighted by molar-refractivity contribution is 5.90. The van der Waals surface area contributed by atoms with Crippen LogP contribution in [0.15, 0.2) is 36.4 Å². The van der Waals surface area contributed by atoms with E-state index in [9.17, 15) is 19.7 Å². The van der Waals surface area contributed by atoms with Gasteiger partial charge < -0.3 is 24.3 Å². The van der Waals surface area contributed by atoms with Crippen molar-refractivity contribution in [1.29, 1.82) is 0 Å². The molecule has 0 aliphatic rings. The van der Waals surface area contributed by atoms with Crippen LogP contribution in [0.2, 0.25) is 0 Å². The number of nitro groups is 1. The summed E-state index contributed by atoms with van der Waals surface area (Å²) in [6, 6.07) is 8.82. The van der Waals surface area contributed by atoms with Crippen LogP contribution in [-0.2, 0) is 16.1 Å². The van der Waals surface area contributed by atoms with Gasteiger partial charge in [0.15, 0.2) is 23.4 Å². The number of nitrogens with zero attached hydrogens (tertiary/aromatic N) is 1. The molecule has 1 amide bonds. The Morgan fingerprint density at radius 1 is 1.03 bits per heavy atom. The molecule has 0 unspecified atom stereocenters. The highest BCUT2D eigenvalue weighted by atomic mass is 16.6. The number of nitrogens with one attached hydrogen (secondary N) is 1. The third-order valence-electron chi connectivity index (χ3n) is 4.16. The minimum absolute atomic E-state index is 0.00195. The third-order valence-corrected chi connectivity index (χ3v) is 4.16. The first-order chi connectivity index (χ1) is 14.3. The summed E-state index contributed by atoms with van der Waals surface area (Å²) < 4.78 is 20.4. The van der Waals surface area contributed by atoms with Gasteiger partial charge in [0.25, 0.3) is 5.91 Å². The number of esters is 1. The van der Waals surface area contributed by atoms with Crippen LogP contribution in [0, 0.1) is 10.1 Å². The number of methoxy groups -OCH3 is 3. The van der Waals surface area contributed by atoms with E-state index >= 15 is 0 Å². The number of benzene rings is 2. The Bertz CT molecular complexity index is 944. The average molecular weight is 418 g/mol. The second-order valence-corrected chi connectivity index (χ2v) is 6.10. The van der Waals surface area contributed by atoms with E-state index in [1.54, 1.807) is 18.2 Å². The molecular weight excluding hydrogens is 396 g/mol. The van der Waals surface area contributed by atoms with Gasteiger partial charge >= 0.3 is 11.7 Å². The van der Waals surface area contributed by atoms with Crippen molar-refractivity contribution in [2.24, 2.45) is 0 Å². The van der Waals surface area contributed by atoms with Crippen molar-refractivity contribution >= 4 is 17.6 Å². The molecule has 0 saturated heterocycles. The second-order valence-electron chi connectivity index (χ2n) is 6.10. The van der Waals surface area contributed by atoms with Crippen LogP contribution >= 0.6 is 0 Å². The maximum Gasteiger partial charge on any atom is 0.338 e. The maximum atomic E-state index is 12.4. The number of nitro benzene ring substituents is 1. The topological polar surface area (TPSA) is 126 Å². The molecule has 0 bridgehead atoms. The summed E-state index contributed by atoms with van der Waals surface area (Å²) in [5.41, 5.74) is 0.321. The fourth-order valence-electron chi connectivity index (χ4n) is 2.57. The van der Waals surface area contributed by atoms with Crippen LogP contribution in [0.25, 0.3) is 0 Å². The molecule has 10 heteroatoms. The standard InChI is InChI=1S/C20H22N2O8/c1-12(19(23)21-11-13-5-7-17(27-2)18(9-13)28-3)30-16-8-6-14(20(24)29-4)10-15(16)22(25)26/h5-10,12H,11H2,1-4H3,(H,21,23)/t12-/m0/s1. The first-order valence-corrected chi connectivity index (χ1v) is 8.82. The fourth-order valence-corrected chi connectivity index (χ4v) is 2.57. The van der Waals surface area contributed by atoms with E-state index in [4.69, 9.17) is 14.2 Å². The number of hydrogen-bond donors (Lipinski definition) is 1. The SMILES string of the molecule is COC(=O)c1ccc(O[C@@H](C)C(=O)NCc2ccc(OC)c(OC)c2)c([N+](=O)[O-])c1. The predicted octanol–water partition coefficient (Wildman–Crippen LogP) is 2.48. The second kappa shape index (κ2) is 10.1. The van der Waals surface area contributed by atoms with E-state index in [-0.39, 0.29) is 17.9 Å². The van der Waals surface area contributed by atoms with E-state index in [1.165, 1.54) is 40.4 Å². The van der Waals surface area contributed by atoms with E-state index in [0.717, 1.165) is 11.6 Å². The van der Waals surface area contributed by atoms with E-state index in [1.807, 2.05) is 0 Å². The van der Waals surface area contributed by atoms with Gasteiger partial charge in [-0.2, -0.15) is 0 Å². The van der Waals surface area contributed by atoms with Gasteiger partial charge in [-0.05, 0) is 36.8 Å². The van der Waals surface area contributed by atoms with Crippen molar-refractivity contribution in [2.75, 3.05) is 21.3 Å². The number of carbonyl (C=O) groups excluding carboxylic acids is 2. The summed E-state index contributed by atoms with van der Waals surface area (Å²) in [5.74, 6) is -0.246. The lowest BCUT2D eigenvalue weighted by Crippen LogP contribution is -2.36. The molecular formula is C20H22N2O8. The summed E-state index contributed by atoms with van der Waals surface area (Å²) in [5, 5.41) is 14.0. The highest BCUT2D eigenvalue weighted by Crippen LogP contribution is 2.29. The van der Waals surface area contributed by atoms with Gasteiger partial charge in [-0.3, -0.25) is 14.9 Å². The normalized spacial score (nSPS) is 11.2. The van der Waals surface area contributed by atoms with Gasteiger partial charge in [-0.1, -0.05) is 6.07 Å². The van der Waals surface area contributed by atoms with E-state index in [0.29, 0.717) is 11.5 Å². The van der Waals surface area contributed by atoms with Gasteiger partial charge in [0.1, 0.15) is 0 Å². The largest absolute Gasteiger partial charge is 0.493 e. The highest BCUT2D eigenvalue weighted by Gasteiger charge is 2.23. The van der Waals surface area contributed by atoms with Crippen molar-refractivity contribution in [1.82, 2.24) is 5.32 Å². The molecule has 30 heavy (non-hydrogen) atoms. The minimum atomic E-state index is -1.02. The molecule has 2 rings (SSSR count). The molecule has 2 aromatic rings. The van der Waals surface area contributed by atoms with Crippen LogP contribution in [0.1, 0.15) is 22.8 Å². The van der Waals surface area contributed by atoms with Gasteiger partial charge in [-0.25, -0.2) is 4.79 Å². The zero-order valence-electron chi connectivity index (χ0n) is 17.0. The lowest BCUT2D eigenvalue weighted by Gasteiger charge is -2.15. The van der Waals surface area contributed by atoms with Crippen molar-refractivity contribution in [3.63, 3.8) is 0 Å². The molecule has 0 heterocycles. The van der Waals surface area contributed by atoms with Crippen LogP contribution in [-0.4, -0.2) is 44.2 Å². The lowest BCUT2D eigenvalue weighted by molar-refractivity contribution is -0.386. The molecule has 1 N–H and O–H groups in total. The van der Waals surface area contributed by atoms with Gasteiger partial charge in [0, 0.05) is 12.6 Å². The molecule has 0 radical (unpaired) electrons. The molecule has 0 aliphatic carbocycles. The van der Waals surface area contributed by atoms with Gasteiger partial charge in [0.05, 0.1) is 31.8 Å². The van der Waals surface area contributed by atoms with Crippen LogP contribution in [0.5, 0.6) is 17.2 Å². The number of carbonyl (C=O) groups is 2. The summed E-state index contributed by atoms with van der Waals surface area (Å²) in [6.07, 6.45) is -1.02. The molecule has 0 fully saturated rings. The number of hydrogen-bond acceptors (Lipinski definition) is 8. The Morgan fingerprint density at radius 3 is 2.30 bits per heavy atom. The molecule has 10 nitrogen and oxygen atoms in total. The number of amides is 1. The van der Waals surface area contributed by atoms with Crippen molar-refractivity contribution in [3.8, 4) is 17.2 Å². The first-order valence-electron chi connectivity index (χ1n) is 8.82. The molecule has 160 valence electrons. The molecule has 0 spiro atoms. The van der Waals surface area contributed by atoms with Crippen LogP contribution in [0.3, 0.4) is 0 Å². The van der Waals surface area contributed by atoms with Crippen molar-refractivity contribution in [2.45, 2.75) is 19.6 Å². The van der Waals surface area contributed by atoms with Crippen LogP contribution < -0.4 is 19.5 Å². The number of ether oxygens (including phenoxy) is 4. The summed E-state index contributed by atoms with van der Waals surface area (Å²) in [4.78, 5) is 34.5. The summed E-state index contributed by atoms with van der Waals surface area (Å²) >= 11 is 0. The maximum absolute atomic E-state index is 12.4. The Labute approximate surface area is 172 Å². The Hall–Kier alpha value is -3.82. The first kappa shape index (κ1) is 22.5. The van der Waals surface area contributed by atoms with Gasteiger partial charge in [0.2, 0.25) is 0 Å².